The summed E-state index contributed by atoms with van der Waals surface area (Å²) in [5.41, 5.74) is 2.42. The predicted molar refractivity (Wildman–Crippen MR) is 112 cm³/mol. The number of thiazole rings is 1. The molecule has 2 aromatic carbocycles. The van der Waals surface area contributed by atoms with Gasteiger partial charge in [-0.1, -0.05) is 42.5 Å². The van der Waals surface area contributed by atoms with Crippen LogP contribution in [-0.4, -0.2) is 28.7 Å². The molecule has 1 N–H and O–H groups in total. The average Bonchev–Trinajstić information content (AvgIpc) is 3.10. The van der Waals surface area contributed by atoms with Crippen molar-refractivity contribution < 1.29 is 19.1 Å². The Morgan fingerprint density at radius 1 is 1.07 bits per heavy atom. The number of rotatable bonds is 6. The molecule has 0 fully saturated rings. The van der Waals surface area contributed by atoms with Crippen molar-refractivity contribution in [3.63, 3.8) is 0 Å². The number of aromatic nitrogens is 1. The molecule has 7 heteroatoms. The molecule has 6 nitrogen and oxygen atoms in total. The largest absolute Gasteiger partial charge is 0.448 e. The molecule has 0 aliphatic heterocycles. The van der Waals surface area contributed by atoms with E-state index in [-0.39, 0.29) is 5.78 Å². The minimum absolute atomic E-state index is 0.101. The van der Waals surface area contributed by atoms with E-state index >= 15 is 0 Å². The van der Waals surface area contributed by atoms with Crippen LogP contribution in [0.5, 0.6) is 0 Å². The van der Waals surface area contributed by atoms with Crippen LogP contribution in [0.2, 0.25) is 0 Å². The highest BCUT2D eigenvalue weighted by Gasteiger charge is 2.23. The molecule has 0 radical (unpaired) electrons. The van der Waals surface area contributed by atoms with Crippen LogP contribution in [0, 0.1) is 6.92 Å². The Labute approximate surface area is 172 Å². The van der Waals surface area contributed by atoms with E-state index in [0.717, 1.165) is 5.56 Å². The highest BCUT2D eigenvalue weighted by atomic mass is 32.1. The number of nitrogens with zero attached hydrogens (tertiary/aromatic N) is 1. The van der Waals surface area contributed by atoms with E-state index in [4.69, 9.17) is 4.74 Å². The van der Waals surface area contributed by atoms with Crippen molar-refractivity contribution in [3.8, 4) is 10.6 Å². The lowest BCUT2D eigenvalue weighted by Crippen LogP contribution is -2.30. The molecule has 0 spiro atoms. The lowest BCUT2D eigenvalue weighted by Gasteiger charge is -2.13. The standard InChI is InChI=1S/C22H20N2O4S/c1-13-19(29-21(23-13)16-8-5-4-6-9-16)22(27)28-15(3)20(26)24-18-11-7-10-17(12-18)14(2)25/h4-12,15H,1-3H3,(H,24,26). The first kappa shape index (κ1) is 20.4. The summed E-state index contributed by atoms with van der Waals surface area (Å²) >= 11 is 1.23. The van der Waals surface area contributed by atoms with Crippen molar-refractivity contribution in [2.24, 2.45) is 0 Å². The Morgan fingerprint density at radius 3 is 2.48 bits per heavy atom. The molecule has 1 unspecified atom stereocenters. The molecule has 29 heavy (non-hydrogen) atoms. The second kappa shape index (κ2) is 8.79. The van der Waals surface area contributed by atoms with Gasteiger partial charge in [-0.2, -0.15) is 0 Å². The first-order valence-corrected chi connectivity index (χ1v) is 9.82. The minimum atomic E-state index is -1.01. The zero-order chi connectivity index (χ0) is 21.0. The summed E-state index contributed by atoms with van der Waals surface area (Å²) in [6, 6.07) is 16.1. The molecule has 1 amide bonds. The number of esters is 1. The lowest BCUT2D eigenvalue weighted by atomic mass is 10.1. The number of nitrogens with one attached hydrogen (secondary N) is 1. The maximum atomic E-state index is 12.5. The van der Waals surface area contributed by atoms with Gasteiger partial charge >= 0.3 is 5.97 Å². The van der Waals surface area contributed by atoms with Crippen molar-refractivity contribution in [3.05, 3.63) is 70.7 Å². The van der Waals surface area contributed by atoms with E-state index in [1.54, 1.807) is 31.2 Å². The number of carbonyl (C=O) groups is 3. The van der Waals surface area contributed by atoms with E-state index in [9.17, 15) is 14.4 Å². The summed E-state index contributed by atoms with van der Waals surface area (Å²) in [4.78, 5) is 41.2. The highest BCUT2D eigenvalue weighted by Crippen LogP contribution is 2.28. The number of hydrogen-bond acceptors (Lipinski definition) is 6. The van der Waals surface area contributed by atoms with Crippen LogP contribution < -0.4 is 5.32 Å². The number of ketones is 1. The molecule has 0 aliphatic rings. The zero-order valence-corrected chi connectivity index (χ0v) is 17.1. The molecule has 0 aliphatic carbocycles. The molecule has 3 aromatic rings. The first-order valence-electron chi connectivity index (χ1n) is 9.01. The lowest BCUT2D eigenvalue weighted by molar-refractivity contribution is -0.123. The molecule has 148 valence electrons. The van der Waals surface area contributed by atoms with E-state index in [1.807, 2.05) is 30.3 Å². The number of anilines is 1. The zero-order valence-electron chi connectivity index (χ0n) is 16.3. The SMILES string of the molecule is CC(=O)c1cccc(NC(=O)C(C)OC(=O)c2sc(-c3ccccc3)nc2C)c1. The summed E-state index contributed by atoms with van der Waals surface area (Å²) in [6.45, 7) is 4.68. The summed E-state index contributed by atoms with van der Waals surface area (Å²) in [5.74, 6) is -1.18. The third kappa shape index (κ3) is 4.94. The molecular weight excluding hydrogens is 388 g/mol. The van der Waals surface area contributed by atoms with Crippen LogP contribution in [0.25, 0.3) is 10.6 Å². The third-order valence-corrected chi connectivity index (χ3v) is 5.38. The van der Waals surface area contributed by atoms with Gasteiger partial charge in [0.2, 0.25) is 0 Å². The number of Topliss-reactive ketones (excluding diaryl/α,β-unsaturated/α-hetero) is 1. The fourth-order valence-corrected chi connectivity index (χ4v) is 3.57. The normalized spacial score (nSPS) is 11.6. The first-order chi connectivity index (χ1) is 13.8. The number of amides is 1. The summed E-state index contributed by atoms with van der Waals surface area (Å²) in [7, 11) is 0. The van der Waals surface area contributed by atoms with Gasteiger partial charge in [0, 0.05) is 16.8 Å². The molecule has 3 rings (SSSR count). The predicted octanol–water partition coefficient (Wildman–Crippen LogP) is 4.51. The van der Waals surface area contributed by atoms with Crippen LogP contribution in [0.1, 0.15) is 39.6 Å². The topological polar surface area (TPSA) is 85.4 Å². The van der Waals surface area contributed by atoms with Gasteiger partial charge in [0.1, 0.15) is 9.88 Å². The maximum absolute atomic E-state index is 12.5. The van der Waals surface area contributed by atoms with Crippen LogP contribution in [-0.2, 0) is 9.53 Å². The summed E-state index contributed by atoms with van der Waals surface area (Å²) in [6.07, 6.45) is -1.01. The molecule has 0 bridgehead atoms. The van der Waals surface area contributed by atoms with E-state index in [0.29, 0.717) is 26.8 Å². The second-order valence-corrected chi connectivity index (χ2v) is 7.47. The fourth-order valence-electron chi connectivity index (χ4n) is 2.62. The van der Waals surface area contributed by atoms with E-state index < -0.39 is 18.0 Å². The van der Waals surface area contributed by atoms with Gasteiger partial charge in [-0.25, -0.2) is 9.78 Å². The Hall–Kier alpha value is -3.32. The fraction of sp³-hybridized carbons (Fsp3) is 0.182. The molecule has 0 saturated carbocycles. The van der Waals surface area contributed by atoms with Gasteiger partial charge in [0.25, 0.3) is 5.91 Å². The summed E-state index contributed by atoms with van der Waals surface area (Å²) < 4.78 is 5.33. The number of carbonyl (C=O) groups excluding carboxylic acids is 3. The van der Waals surface area contributed by atoms with E-state index in [1.165, 1.54) is 25.2 Å². The molecule has 0 saturated heterocycles. The van der Waals surface area contributed by atoms with Gasteiger partial charge in [0.05, 0.1) is 5.69 Å². The van der Waals surface area contributed by atoms with Gasteiger partial charge in [-0.3, -0.25) is 9.59 Å². The van der Waals surface area contributed by atoms with Crippen LogP contribution >= 0.6 is 11.3 Å². The Morgan fingerprint density at radius 2 is 1.79 bits per heavy atom. The molecular formula is C22H20N2O4S. The van der Waals surface area contributed by atoms with Crippen molar-refractivity contribution in [1.29, 1.82) is 0 Å². The third-order valence-electron chi connectivity index (χ3n) is 4.19. The highest BCUT2D eigenvalue weighted by molar-refractivity contribution is 7.17. The Bertz CT molecular complexity index is 1060. The van der Waals surface area contributed by atoms with Crippen LogP contribution in [0.3, 0.4) is 0 Å². The van der Waals surface area contributed by atoms with Crippen molar-refractivity contribution in [2.45, 2.75) is 26.9 Å². The van der Waals surface area contributed by atoms with Crippen molar-refractivity contribution >= 4 is 34.7 Å². The molecule has 1 aromatic heterocycles. The van der Waals surface area contributed by atoms with Crippen LogP contribution in [0.4, 0.5) is 5.69 Å². The van der Waals surface area contributed by atoms with Crippen LogP contribution in [0.15, 0.2) is 54.6 Å². The van der Waals surface area contributed by atoms with Gasteiger partial charge in [-0.05, 0) is 32.9 Å². The van der Waals surface area contributed by atoms with Crippen molar-refractivity contribution in [2.75, 3.05) is 5.32 Å². The number of hydrogen-bond donors (Lipinski definition) is 1. The Kier molecular flexibility index (Phi) is 6.19. The second-order valence-electron chi connectivity index (χ2n) is 6.47. The smallest absolute Gasteiger partial charge is 0.351 e. The van der Waals surface area contributed by atoms with E-state index in [2.05, 4.69) is 10.3 Å². The molecule has 1 atom stereocenters. The number of ether oxygens (including phenoxy) is 1. The Balaban J connectivity index is 1.67. The van der Waals surface area contributed by atoms with Gasteiger partial charge < -0.3 is 10.1 Å². The number of aryl methyl sites for hydroxylation is 1. The summed E-state index contributed by atoms with van der Waals surface area (Å²) in [5, 5.41) is 3.37. The van der Waals surface area contributed by atoms with Gasteiger partial charge in [0.15, 0.2) is 11.9 Å². The number of benzene rings is 2. The van der Waals surface area contributed by atoms with Gasteiger partial charge in [-0.15, -0.1) is 11.3 Å². The van der Waals surface area contributed by atoms with Crippen molar-refractivity contribution in [1.82, 2.24) is 4.98 Å². The monoisotopic (exact) mass is 408 g/mol. The quantitative estimate of drug-likeness (QED) is 0.479. The minimum Gasteiger partial charge on any atom is -0.448 e. The average molecular weight is 408 g/mol. The maximum Gasteiger partial charge on any atom is 0.351 e. The molecule has 1 heterocycles.